The van der Waals surface area contributed by atoms with Crippen molar-refractivity contribution in [3.8, 4) is 0 Å². The SMILES string of the molecule is CN(C(=O)C1C2CCC(C2)C1N)C1CCN(c2ccccc2Cl)C1=O.Cl. The number of nitrogens with two attached hydrogens (primary N) is 1. The molecule has 3 aliphatic rings. The molecule has 5 unspecified atom stereocenters. The molecular formula is C19H25Cl2N3O2. The minimum Gasteiger partial charge on any atom is -0.333 e. The van der Waals surface area contributed by atoms with E-state index in [-0.39, 0.29) is 36.2 Å². The van der Waals surface area contributed by atoms with Crippen LogP contribution >= 0.6 is 24.0 Å². The molecule has 2 saturated carbocycles. The monoisotopic (exact) mass is 397 g/mol. The summed E-state index contributed by atoms with van der Waals surface area (Å²) in [6.45, 7) is 0.577. The van der Waals surface area contributed by atoms with Gasteiger partial charge in [0.1, 0.15) is 6.04 Å². The van der Waals surface area contributed by atoms with Crippen molar-refractivity contribution in [2.24, 2.45) is 23.5 Å². The van der Waals surface area contributed by atoms with E-state index in [2.05, 4.69) is 0 Å². The first-order valence-electron chi connectivity index (χ1n) is 9.07. The summed E-state index contributed by atoms with van der Waals surface area (Å²) in [5, 5.41) is 0.556. The molecule has 0 aromatic heterocycles. The number of amides is 2. The van der Waals surface area contributed by atoms with Gasteiger partial charge in [-0.2, -0.15) is 0 Å². The van der Waals surface area contributed by atoms with Crippen molar-refractivity contribution in [3.63, 3.8) is 0 Å². The number of hydrogen-bond donors (Lipinski definition) is 1. The lowest BCUT2D eigenvalue weighted by Crippen LogP contribution is -2.50. The number of anilines is 1. The number of rotatable bonds is 3. The second kappa shape index (κ2) is 7.37. The van der Waals surface area contributed by atoms with Gasteiger partial charge < -0.3 is 15.5 Å². The Bertz CT molecular complexity index is 712. The van der Waals surface area contributed by atoms with E-state index in [1.54, 1.807) is 22.9 Å². The zero-order valence-corrected chi connectivity index (χ0v) is 16.4. The summed E-state index contributed by atoms with van der Waals surface area (Å²) in [7, 11) is 1.75. The topological polar surface area (TPSA) is 66.6 Å². The largest absolute Gasteiger partial charge is 0.333 e. The minimum atomic E-state index is -0.421. The Hall–Kier alpha value is -1.30. The smallest absolute Gasteiger partial charge is 0.249 e. The first-order valence-corrected chi connectivity index (χ1v) is 9.45. The van der Waals surface area contributed by atoms with Crippen molar-refractivity contribution in [1.29, 1.82) is 0 Å². The number of halogens is 2. The Balaban J connectivity index is 0.00000196. The van der Waals surface area contributed by atoms with Crippen LogP contribution < -0.4 is 10.6 Å². The molecule has 1 aromatic carbocycles. The number of para-hydroxylation sites is 1. The highest BCUT2D eigenvalue weighted by Crippen LogP contribution is 2.48. The standard InChI is InChI=1S/C19H24ClN3O2.ClH/c1-22(19(25)16-11-6-7-12(10-11)17(16)21)15-8-9-23(18(15)24)14-5-3-2-4-13(14)20;/h2-5,11-12,15-17H,6-10,21H2,1H3;1H. The average Bonchev–Trinajstić information content (AvgIpc) is 3.29. The number of nitrogens with zero attached hydrogens (tertiary/aromatic N) is 2. The zero-order chi connectivity index (χ0) is 17.7. The summed E-state index contributed by atoms with van der Waals surface area (Å²) in [4.78, 5) is 29.3. The van der Waals surface area contributed by atoms with E-state index in [1.807, 2.05) is 18.2 Å². The summed E-state index contributed by atoms with van der Waals surface area (Å²) in [6, 6.07) is 6.86. The Morgan fingerprint density at radius 1 is 1.23 bits per heavy atom. The van der Waals surface area contributed by atoms with Crippen LogP contribution in [0, 0.1) is 17.8 Å². The van der Waals surface area contributed by atoms with Gasteiger partial charge >= 0.3 is 0 Å². The number of hydrogen-bond acceptors (Lipinski definition) is 3. The van der Waals surface area contributed by atoms with E-state index in [9.17, 15) is 9.59 Å². The summed E-state index contributed by atoms with van der Waals surface area (Å²) < 4.78 is 0. The molecule has 0 radical (unpaired) electrons. The second-order valence-electron chi connectivity index (χ2n) is 7.63. The van der Waals surface area contributed by atoms with Gasteiger partial charge in [-0.1, -0.05) is 23.7 Å². The van der Waals surface area contributed by atoms with Gasteiger partial charge in [-0.15, -0.1) is 12.4 Å². The molecule has 7 heteroatoms. The van der Waals surface area contributed by atoms with Gasteiger partial charge in [0.25, 0.3) is 0 Å². The van der Waals surface area contributed by atoms with E-state index < -0.39 is 6.04 Å². The first-order chi connectivity index (χ1) is 12.0. The molecule has 5 nitrogen and oxygen atoms in total. The van der Waals surface area contributed by atoms with Crippen molar-refractivity contribution in [1.82, 2.24) is 4.90 Å². The Morgan fingerprint density at radius 2 is 1.92 bits per heavy atom. The maximum atomic E-state index is 13.0. The maximum Gasteiger partial charge on any atom is 0.249 e. The van der Waals surface area contributed by atoms with E-state index in [0.717, 1.165) is 19.3 Å². The first kappa shape index (κ1) is 19.5. The van der Waals surface area contributed by atoms with Crippen molar-refractivity contribution in [2.45, 2.75) is 37.8 Å². The Labute approximate surface area is 165 Å². The van der Waals surface area contributed by atoms with Crippen LogP contribution in [0.4, 0.5) is 5.69 Å². The normalized spacial score (nSPS) is 32.7. The molecule has 2 amide bonds. The summed E-state index contributed by atoms with van der Waals surface area (Å²) in [5.74, 6) is 0.739. The molecule has 1 saturated heterocycles. The van der Waals surface area contributed by atoms with Crippen molar-refractivity contribution in [2.75, 3.05) is 18.5 Å². The van der Waals surface area contributed by atoms with E-state index in [4.69, 9.17) is 17.3 Å². The third kappa shape index (κ3) is 3.00. The van der Waals surface area contributed by atoms with Crippen LogP contribution in [-0.2, 0) is 9.59 Å². The van der Waals surface area contributed by atoms with Crippen LogP contribution in [-0.4, -0.2) is 42.4 Å². The Kier molecular flexibility index (Phi) is 5.52. The molecular weight excluding hydrogens is 373 g/mol. The van der Waals surface area contributed by atoms with Crippen LogP contribution in [0.1, 0.15) is 25.7 Å². The molecule has 2 N–H and O–H groups in total. The van der Waals surface area contributed by atoms with Crippen LogP contribution in [0.25, 0.3) is 0 Å². The van der Waals surface area contributed by atoms with Gasteiger partial charge in [0.2, 0.25) is 11.8 Å². The third-order valence-electron chi connectivity index (χ3n) is 6.40. The van der Waals surface area contributed by atoms with Gasteiger partial charge in [-0.25, -0.2) is 0 Å². The number of likely N-dealkylation sites (N-methyl/N-ethyl adjacent to an activating group) is 1. The number of fused-ring (bicyclic) bond motifs is 2. The summed E-state index contributed by atoms with van der Waals surface area (Å²) in [5.41, 5.74) is 7.03. The van der Waals surface area contributed by atoms with Crippen molar-refractivity contribution in [3.05, 3.63) is 29.3 Å². The van der Waals surface area contributed by atoms with E-state index in [1.165, 1.54) is 0 Å². The molecule has 1 aromatic rings. The van der Waals surface area contributed by atoms with Gasteiger partial charge in [-0.3, -0.25) is 9.59 Å². The van der Waals surface area contributed by atoms with Crippen LogP contribution in [0.2, 0.25) is 5.02 Å². The molecule has 142 valence electrons. The quantitative estimate of drug-likeness (QED) is 0.852. The van der Waals surface area contributed by atoms with E-state index in [0.29, 0.717) is 35.5 Å². The lowest BCUT2D eigenvalue weighted by molar-refractivity contribution is -0.142. The maximum absolute atomic E-state index is 13.0. The number of carbonyl (C=O) groups is 2. The lowest BCUT2D eigenvalue weighted by Gasteiger charge is -2.33. The molecule has 26 heavy (non-hydrogen) atoms. The van der Waals surface area contributed by atoms with Crippen molar-refractivity contribution >= 4 is 41.5 Å². The second-order valence-corrected chi connectivity index (χ2v) is 8.04. The highest BCUT2D eigenvalue weighted by Gasteiger charge is 2.51. The lowest BCUT2D eigenvalue weighted by atomic mass is 9.84. The fourth-order valence-corrected chi connectivity index (χ4v) is 5.26. The fraction of sp³-hybridized carbons (Fsp3) is 0.579. The summed E-state index contributed by atoms with van der Waals surface area (Å²) >= 11 is 6.23. The minimum absolute atomic E-state index is 0. The fourth-order valence-electron chi connectivity index (χ4n) is 5.03. The van der Waals surface area contributed by atoms with Gasteiger partial charge in [0.05, 0.1) is 16.6 Å². The number of benzene rings is 1. The molecule has 2 aliphatic carbocycles. The average molecular weight is 398 g/mol. The zero-order valence-electron chi connectivity index (χ0n) is 14.8. The van der Waals surface area contributed by atoms with Crippen LogP contribution in [0.5, 0.6) is 0 Å². The van der Waals surface area contributed by atoms with Crippen LogP contribution in [0.3, 0.4) is 0 Å². The summed E-state index contributed by atoms with van der Waals surface area (Å²) in [6.07, 6.45) is 3.92. The Morgan fingerprint density at radius 3 is 2.58 bits per heavy atom. The predicted molar refractivity (Wildman–Crippen MR) is 105 cm³/mol. The molecule has 4 rings (SSSR count). The third-order valence-corrected chi connectivity index (χ3v) is 6.72. The van der Waals surface area contributed by atoms with Gasteiger partial charge in [-0.05, 0) is 49.7 Å². The van der Waals surface area contributed by atoms with Crippen LogP contribution in [0.15, 0.2) is 24.3 Å². The molecule has 0 spiro atoms. The molecule has 1 aliphatic heterocycles. The highest BCUT2D eigenvalue weighted by molar-refractivity contribution is 6.34. The number of carbonyl (C=O) groups excluding carboxylic acids is 2. The highest BCUT2D eigenvalue weighted by atomic mass is 35.5. The molecule has 3 fully saturated rings. The van der Waals surface area contributed by atoms with Gasteiger partial charge in [0, 0.05) is 19.6 Å². The molecule has 5 atom stereocenters. The van der Waals surface area contributed by atoms with Gasteiger partial charge in [0.15, 0.2) is 0 Å². The van der Waals surface area contributed by atoms with Crippen molar-refractivity contribution < 1.29 is 9.59 Å². The van der Waals surface area contributed by atoms with E-state index >= 15 is 0 Å². The molecule has 2 bridgehead atoms. The predicted octanol–water partition coefficient (Wildman–Crippen LogP) is 2.70. The molecule has 1 heterocycles.